The van der Waals surface area contributed by atoms with E-state index < -0.39 is 0 Å². The Morgan fingerprint density at radius 2 is 2.00 bits per heavy atom. The molecular weight excluding hydrogens is 236 g/mol. The minimum atomic E-state index is 0.411. The van der Waals surface area contributed by atoms with Gasteiger partial charge in [-0.1, -0.05) is 38.1 Å². The number of aryl methyl sites for hydroxylation is 1. The van der Waals surface area contributed by atoms with Gasteiger partial charge >= 0.3 is 0 Å². The Hall–Kier alpha value is -1.68. The van der Waals surface area contributed by atoms with Crippen molar-refractivity contribution in [2.45, 2.75) is 39.2 Å². The number of rotatable bonds is 7. The summed E-state index contributed by atoms with van der Waals surface area (Å²) in [5.74, 6) is 0.934. The monoisotopic (exact) mass is 258 g/mol. The van der Waals surface area contributed by atoms with Gasteiger partial charge in [-0.05, 0) is 24.0 Å². The van der Waals surface area contributed by atoms with Crippen LogP contribution in [-0.4, -0.2) is 21.7 Å². The maximum absolute atomic E-state index is 4.13. The first-order chi connectivity index (χ1) is 9.33. The van der Waals surface area contributed by atoms with Gasteiger partial charge in [-0.15, -0.1) is 0 Å². The molecular formula is C15H22N4. The molecule has 2 N–H and O–H groups in total. The van der Waals surface area contributed by atoms with Crippen molar-refractivity contribution in [1.82, 2.24) is 20.5 Å². The van der Waals surface area contributed by atoms with Crippen molar-refractivity contribution < 1.29 is 0 Å². The summed E-state index contributed by atoms with van der Waals surface area (Å²) in [6.45, 7) is 5.30. The molecule has 19 heavy (non-hydrogen) atoms. The molecule has 0 bridgehead atoms. The van der Waals surface area contributed by atoms with E-state index >= 15 is 0 Å². The first-order valence-corrected chi connectivity index (χ1v) is 7.00. The molecule has 0 spiro atoms. The molecule has 0 radical (unpaired) electrons. The van der Waals surface area contributed by atoms with Crippen LogP contribution in [0.5, 0.6) is 0 Å². The summed E-state index contributed by atoms with van der Waals surface area (Å²) < 4.78 is 0. The van der Waals surface area contributed by atoms with E-state index in [-0.39, 0.29) is 0 Å². The first kappa shape index (κ1) is 13.7. The van der Waals surface area contributed by atoms with Crippen LogP contribution in [0.3, 0.4) is 0 Å². The zero-order valence-corrected chi connectivity index (χ0v) is 11.7. The summed E-state index contributed by atoms with van der Waals surface area (Å²) in [7, 11) is 0. The van der Waals surface area contributed by atoms with Crippen LogP contribution in [0.4, 0.5) is 0 Å². The Morgan fingerprint density at radius 1 is 1.21 bits per heavy atom. The van der Waals surface area contributed by atoms with Crippen molar-refractivity contribution in [1.29, 1.82) is 0 Å². The van der Waals surface area contributed by atoms with Crippen molar-refractivity contribution in [3.8, 4) is 0 Å². The highest BCUT2D eigenvalue weighted by Crippen LogP contribution is 2.17. The second kappa shape index (κ2) is 7.04. The number of aromatic amines is 1. The Morgan fingerprint density at radius 3 is 2.58 bits per heavy atom. The summed E-state index contributed by atoms with van der Waals surface area (Å²) in [5.41, 5.74) is 2.75. The molecule has 4 heteroatoms. The fourth-order valence-electron chi connectivity index (χ4n) is 2.20. The summed E-state index contributed by atoms with van der Waals surface area (Å²) in [5, 5.41) is 10.3. The lowest BCUT2D eigenvalue weighted by molar-refractivity contribution is 0.518. The lowest BCUT2D eigenvalue weighted by Crippen LogP contribution is -2.23. The highest BCUT2D eigenvalue weighted by Gasteiger charge is 2.08. The molecule has 102 valence electrons. The van der Waals surface area contributed by atoms with Gasteiger partial charge in [-0.3, -0.25) is 5.10 Å². The normalized spacial score (nSPS) is 12.5. The molecule has 0 fully saturated rings. The second-order valence-corrected chi connectivity index (χ2v) is 4.69. The Labute approximate surface area is 114 Å². The van der Waals surface area contributed by atoms with Crippen molar-refractivity contribution in [3.05, 3.63) is 47.5 Å². The van der Waals surface area contributed by atoms with Crippen molar-refractivity contribution >= 4 is 0 Å². The fraction of sp³-hybridized carbons (Fsp3) is 0.467. The minimum Gasteiger partial charge on any atom is -0.310 e. The van der Waals surface area contributed by atoms with E-state index in [9.17, 15) is 0 Å². The fourth-order valence-corrected chi connectivity index (χ4v) is 2.20. The SMILES string of the molecule is CCc1ccc(C(CC)NCCc2ncn[nH]2)cc1. The van der Waals surface area contributed by atoms with Crippen LogP contribution in [0, 0.1) is 0 Å². The Kier molecular flexibility index (Phi) is 5.10. The van der Waals surface area contributed by atoms with E-state index in [1.807, 2.05) is 0 Å². The first-order valence-electron chi connectivity index (χ1n) is 7.00. The highest BCUT2D eigenvalue weighted by molar-refractivity contribution is 5.25. The summed E-state index contributed by atoms with van der Waals surface area (Å²) in [4.78, 5) is 4.13. The van der Waals surface area contributed by atoms with E-state index in [0.717, 1.165) is 31.6 Å². The number of benzene rings is 1. The molecule has 0 aliphatic rings. The quantitative estimate of drug-likeness (QED) is 0.802. The smallest absolute Gasteiger partial charge is 0.137 e. The van der Waals surface area contributed by atoms with Crippen molar-refractivity contribution in [2.24, 2.45) is 0 Å². The molecule has 0 amide bonds. The number of aromatic nitrogens is 3. The average molecular weight is 258 g/mol. The number of hydrogen-bond donors (Lipinski definition) is 2. The van der Waals surface area contributed by atoms with Gasteiger partial charge in [0.15, 0.2) is 0 Å². The van der Waals surface area contributed by atoms with Gasteiger partial charge in [0.05, 0.1) is 0 Å². The summed E-state index contributed by atoms with van der Waals surface area (Å²) in [6, 6.07) is 9.31. The van der Waals surface area contributed by atoms with Crippen LogP contribution in [0.25, 0.3) is 0 Å². The van der Waals surface area contributed by atoms with Gasteiger partial charge in [-0.25, -0.2) is 4.98 Å². The third-order valence-corrected chi connectivity index (χ3v) is 3.42. The molecule has 4 nitrogen and oxygen atoms in total. The maximum atomic E-state index is 4.13. The van der Waals surface area contributed by atoms with Crippen LogP contribution < -0.4 is 5.32 Å². The third kappa shape index (κ3) is 3.89. The predicted molar refractivity (Wildman–Crippen MR) is 76.9 cm³/mol. The summed E-state index contributed by atoms with van der Waals surface area (Å²) >= 11 is 0. The third-order valence-electron chi connectivity index (χ3n) is 3.42. The topological polar surface area (TPSA) is 53.6 Å². The van der Waals surface area contributed by atoms with Gasteiger partial charge < -0.3 is 5.32 Å². The average Bonchev–Trinajstić information content (AvgIpc) is 2.97. The van der Waals surface area contributed by atoms with E-state index in [1.165, 1.54) is 11.1 Å². The van der Waals surface area contributed by atoms with Crippen LogP contribution in [0.1, 0.15) is 43.3 Å². The largest absolute Gasteiger partial charge is 0.310 e. The van der Waals surface area contributed by atoms with Gasteiger partial charge in [0.2, 0.25) is 0 Å². The van der Waals surface area contributed by atoms with E-state index in [1.54, 1.807) is 6.33 Å². The van der Waals surface area contributed by atoms with Crippen LogP contribution in [0.2, 0.25) is 0 Å². The minimum absolute atomic E-state index is 0.411. The molecule has 1 aromatic heterocycles. The molecule has 2 aromatic rings. The Bertz CT molecular complexity index is 461. The Balaban J connectivity index is 1.88. The van der Waals surface area contributed by atoms with Gasteiger partial charge in [0.25, 0.3) is 0 Å². The lowest BCUT2D eigenvalue weighted by atomic mass is 10.0. The standard InChI is InChI=1S/C15H22N4/c1-3-12-5-7-13(8-6-12)14(4-2)16-10-9-15-17-11-18-19-15/h5-8,11,14,16H,3-4,9-10H2,1-2H3,(H,17,18,19). The molecule has 0 aliphatic heterocycles. The maximum Gasteiger partial charge on any atom is 0.137 e. The summed E-state index contributed by atoms with van der Waals surface area (Å²) in [6.07, 6.45) is 4.61. The predicted octanol–water partition coefficient (Wildman–Crippen LogP) is 2.65. The molecule has 0 aliphatic carbocycles. The zero-order valence-electron chi connectivity index (χ0n) is 11.7. The molecule has 0 saturated heterocycles. The molecule has 0 saturated carbocycles. The molecule has 1 unspecified atom stereocenters. The van der Waals surface area contributed by atoms with Gasteiger partial charge in [0, 0.05) is 19.0 Å². The van der Waals surface area contributed by atoms with Crippen LogP contribution in [-0.2, 0) is 12.8 Å². The number of H-pyrrole nitrogens is 1. The van der Waals surface area contributed by atoms with Crippen LogP contribution in [0.15, 0.2) is 30.6 Å². The van der Waals surface area contributed by atoms with Crippen LogP contribution >= 0.6 is 0 Å². The van der Waals surface area contributed by atoms with Gasteiger partial charge in [0.1, 0.15) is 12.2 Å². The lowest BCUT2D eigenvalue weighted by Gasteiger charge is -2.17. The van der Waals surface area contributed by atoms with Crippen molar-refractivity contribution in [2.75, 3.05) is 6.54 Å². The molecule has 1 atom stereocenters. The molecule has 1 aromatic carbocycles. The van der Waals surface area contributed by atoms with E-state index in [0.29, 0.717) is 6.04 Å². The van der Waals surface area contributed by atoms with Gasteiger partial charge in [-0.2, -0.15) is 5.10 Å². The van der Waals surface area contributed by atoms with E-state index in [2.05, 4.69) is 58.6 Å². The number of nitrogens with zero attached hydrogens (tertiary/aromatic N) is 2. The zero-order chi connectivity index (χ0) is 13.5. The highest BCUT2D eigenvalue weighted by atomic mass is 15.2. The molecule has 1 heterocycles. The second-order valence-electron chi connectivity index (χ2n) is 4.69. The van der Waals surface area contributed by atoms with E-state index in [4.69, 9.17) is 0 Å². The van der Waals surface area contributed by atoms with Crippen molar-refractivity contribution in [3.63, 3.8) is 0 Å². The molecule has 2 rings (SSSR count). The number of hydrogen-bond acceptors (Lipinski definition) is 3. The number of nitrogens with one attached hydrogen (secondary N) is 2.